The van der Waals surface area contributed by atoms with Crippen molar-refractivity contribution in [2.45, 2.75) is 24.2 Å². The third-order valence-electron chi connectivity index (χ3n) is 4.68. The molecule has 0 heterocycles. The Morgan fingerprint density at radius 1 is 0.938 bits per heavy atom. The first-order valence-electron chi connectivity index (χ1n) is 9.77. The van der Waals surface area contributed by atoms with Gasteiger partial charge in [0.05, 0.1) is 24.5 Å². The molecule has 0 spiro atoms. The summed E-state index contributed by atoms with van der Waals surface area (Å²) in [6.45, 7) is 0. The average Bonchev–Trinajstić information content (AvgIpc) is 2.82. The van der Waals surface area contributed by atoms with Crippen LogP contribution in [0.25, 0.3) is 0 Å². The molecule has 166 valence electrons. The molecule has 0 saturated carbocycles. The third-order valence-corrected chi connectivity index (χ3v) is 6.05. The Hall–Kier alpha value is -3.59. The van der Waals surface area contributed by atoms with Gasteiger partial charge in [0.1, 0.15) is 0 Å². The summed E-state index contributed by atoms with van der Waals surface area (Å²) < 4.78 is 34.3. The number of hydrogen-bond acceptors (Lipinski definition) is 6. The molecule has 0 amide bonds. The number of benzene rings is 2. The fourth-order valence-electron chi connectivity index (χ4n) is 2.95. The van der Waals surface area contributed by atoms with Crippen LogP contribution < -0.4 is 0 Å². The maximum absolute atomic E-state index is 12.6. The fraction of sp³-hybridized carbons (Fsp3) is 0.240. The number of allylic oxidation sites excluding steroid dienone is 1. The van der Waals surface area contributed by atoms with Crippen LogP contribution in [0, 0.1) is 17.3 Å². The Kier molecular flexibility index (Phi) is 9.03. The molecule has 2 aromatic rings. The van der Waals surface area contributed by atoms with E-state index in [4.69, 9.17) is 9.47 Å². The minimum atomic E-state index is -3.64. The Morgan fingerprint density at radius 2 is 1.50 bits per heavy atom. The van der Waals surface area contributed by atoms with E-state index < -0.39 is 27.2 Å². The number of carbonyl (C=O) groups is 2. The van der Waals surface area contributed by atoms with E-state index >= 15 is 0 Å². The van der Waals surface area contributed by atoms with E-state index in [1.165, 1.54) is 32.4 Å². The second kappa shape index (κ2) is 11.7. The molecule has 0 bridgehead atoms. The lowest BCUT2D eigenvalue weighted by molar-refractivity contribution is -0.169. The largest absolute Gasteiger partial charge is 0.468 e. The molecular formula is C25H24O6S. The molecule has 0 N–H and O–H groups in total. The van der Waals surface area contributed by atoms with Crippen molar-refractivity contribution in [2.75, 3.05) is 14.2 Å². The van der Waals surface area contributed by atoms with Crippen LogP contribution in [0.5, 0.6) is 0 Å². The van der Waals surface area contributed by atoms with Crippen molar-refractivity contribution in [1.29, 1.82) is 0 Å². The number of hydrogen-bond donors (Lipinski definition) is 0. The lowest BCUT2D eigenvalue weighted by Gasteiger charge is -2.25. The predicted octanol–water partition coefficient (Wildman–Crippen LogP) is 3.68. The molecule has 0 radical (unpaired) electrons. The minimum absolute atomic E-state index is 0.0159. The fourth-order valence-corrected chi connectivity index (χ4v) is 3.90. The van der Waals surface area contributed by atoms with Crippen molar-refractivity contribution < 1.29 is 27.5 Å². The van der Waals surface area contributed by atoms with Crippen LogP contribution in [0.2, 0.25) is 0 Å². The first-order valence-corrected chi connectivity index (χ1v) is 11.3. The number of carbonyl (C=O) groups excluding carboxylic acids is 2. The van der Waals surface area contributed by atoms with Gasteiger partial charge in [0.15, 0.2) is 5.41 Å². The van der Waals surface area contributed by atoms with Crippen LogP contribution >= 0.6 is 0 Å². The number of ether oxygens (including phenoxy) is 2. The van der Waals surface area contributed by atoms with Crippen LogP contribution in [0.15, 0.2) is 82.8 Å². The van der Waals surface area contributed by atoms with Crippen molar-refractivity contribution in [1.82, 2.24) is 0 Å². The molecule has 0 atom stereocenters. The molecule has 0 aromatic heterocycles. The number of esters is 2. The van der Waals surface area contributed by atoms with E-state index in [-0.39, 0.29) is 24.2 Å². The summed E-state index contributed by atoms with van der Waals surface area (Å²) in [5.74, 6) is 4.26. The zero-order valence-electron chi connectivity index (χ0n) is 17.9. The van der Waals surface area contributed by atoms with Gasteiger partial charge < -0.3 is 9.47 Å². The summed E-state index contributed by atoms with van der Waals surface area (Å²) in [4.78, 5) is 25.3. The molecule has 2 aromatic carbocycles. The Bertz CT molecular complexity index is 1130. The molecule has 6 nitrogen and oxygen atoms in total. The van der Waals surface area contributed by atoms with Crippen LogP contribution in [0.4, 0.5) is 0 Å². The maximum atomic E-state index is 12.6. The lowest BCUT2D eigenvalue weighted by atomic mass is 9.80. The molecular weight excluding hydrogens is 428 g/mol. The average molecular weight is 453 g/mol. The van der Waals surface area contributed by atoms with Gasteiger partial charge in [-0.05, 0) is 43.2 Å². The van der Waals surface area contributed by atoms with Gasteiger partial charge in [0.2, 0.25) is 9.84 Å². The zero-order valence-corrected chi connectivity index (χ0v) is 18.7. The molecule has 32 heavy (non-hydrogen) atoms. The summed E-state index contributed by atoms with van der Waals surface area (Å²) in [5.41, 5.74) is 1.72. The van der Waals surface area contributed by atoms with Gasteiger partial charge in [-0.15, -0.1) is 5.73 Å². The van der Waals surface area contributed by atoms with Crippen LogP contribution in [-0.4, -0.2) is 34.6 Å². The summed E-state index contributed by atoms with van der Waals surface area (Å²) in [7, 11) is -1.26. The van der Waals surface area contributed by atoms with Gasteiger partial charge >= 0.3 is 11.9 Å². The van der Waals surface area contributed by atoms with E-state index in [1.54, 1.807) is 18.2 Å². The lowest BCUT2D eigenvalue weighted by Crippen LogP contribution is -2.41. The zero-order chi connectivity index (χ0) is 23.5. The topological polar surface area (TPSA) is 86.7 Å². The molecule has 7 heteroatoms. The van der Waals surface area contributed by atoms with Crippen molar-refractivity contribution >= 4 is 21.8 Å². The number of methoxy groups -OCH3 is 2. The maximum Gasteiger partial charge on any atom is 0.324 e. The third kappa shape index (κ3) is 6.45. The Balaban J connectivity index is 2.23. The van der Waals surface area contributed by atoms with Gasteiger partial charge in [0, 0.05) is 12.0 Å². The quantitative estimate of drug-likeness (QED) is 0.263. The Morgan fingerprint density at radius 3 is 2.06 bits per heavy atom. The molecule has 0 unspecified atom stereocenters. The van der Waals surface area contributed by atoms with E-state index in [2.05, 4.69) is 17.6 Å². The van der Waals surface area contributed by atoms with E-state index in [0.717, 1.165) is 11.0 Å². The van der Waals surface area contributed by atoms with Crippen molar-refractivity contribution in [3.05, 3.63) is 83.4 Å². The van der Waals surface area contributed by atoms with Gasteiger partial charge in [-0.2, -0.15) is 0 Å². The molecule has 0 aliphatic carbocycles. The standard InChI is InChI=1S/C25H24O6S/c1-30-23(26)25(24(27)31-2,19-12-15-21-13-6-3-7-14-21)18-10-5-11-20-32(28,29)22-16-8-4-9-17-22/h3-9,13-14,16-17,20H,10,18-19H2,1-2H3. The highest BCUT2D eigenvalue weighted by Gasteiger charge is 2.47. The molecule has 0 aliphatic rings. The molecule has 0 saturated heterocycles. The van der Waals surface area contributed by atoms with Gasteiger partial charge in [-0.25, -0.2) is 8.42 Å². The number of rotatable bonds is 8. The van der Waals surface area contributed by atoms with Crippen molar-refractivity contribution in [3.63, 3.8) is 0 Å². The second-order valence-corrected chi connectivity index (χ2v) is 8.59. The van der Waals surface area contributed by atoms with Crippen LogP contribution in [0.3, 0.4) is 0 Å². The number of sulfone groups is 1. The van der Waals surface area contributed by atoms with Crippen molar-refractivity contribution in [2.24, 2.45) is 5.41 Å². The first-order chi connectivity index (χ1) is 15.4. The van der Waals surface area contributed by atoms with Gasteiger partial charge in [-0.3, -0.25) is 9.59 Å². The van der Waals surface area contributed by atoms with E-state index in [9.17, 15) is 18.0 Å². The van der Waals surface area contributed by atoms with Crippen LogP contribution in [-0.2, 0) is 28.9 Å². The minimum Gasteiger partial charge on any atom is -0.468 e. The summed E-state index contributed by atoms with van der Waals surface area (Å²) in [5, 5.41) is 0.954. The molecule has 0 aliphatic heterocycles. The first kappa shape index (κ1) is 24.7. The molecule has 0 fully saturated rings. The monoisotopic (exact) mass is 452 g/mol. The van der Waals surface area contributed by atoms with Crippen LogP contribution in [0.1, 0.15) is 24.8 Å². The second-order valence-electron chi connectivity index (χ2n) is 6.80. The highest BCUT2D eigenvalue weighted by molar-refractivity contribution is 7.94. The van der Waals surface area contributed by atoms with E-state index in [0.29, 0.717) is 0 Å². The summed E-state index contributed by atoms with van der Waals surface area (Å²) >= 11 is 0. The molecule has 2 rings (SSSR count). The van der Waals surface area contributed by atoms with Gasteiger partial charge in [-0.1, -0.05) is 48.2 Å². The Labute approximate surface area is 188 Å². The van der Waals surface area contributed by atoms with Crippen molar-refractivity contribution in [3.8, 4) is 11.8 Å². The normalized spacial score (nSPS) is 10.7. The summed E-state index contributed by atoms with van der Waals surface area (Å²) in [6, 6.07) is 17.1. The van der Waals surface area contributed by atoms with Gasteiger partial charge in [0.25, 0.3) is 0 Å². The highest BCUT2D eigenvalue weighted by Crippen LogP contribution is 2.32. The van der Waals surface area contributed by atoms with E-state index in [1.807, 2.05) is 30.3 Å². The SMILES string of the molecule is COC(=O)C(CC#Cc1ccccc1)(CCC=C=CS(=O)(=O)c1ccccc1)C(=O)OC. The summed E-state index contributed by atoms with van der Waals surface area (Å²) in [6.07, 6.45) is 1.53. The smallest absolute Gasteiger partial charge is 0.324 e. The predicted molar refractivity (Wildman–Crippen MR) is 120 cm³/mol. The highest BCUT2D eigenvalue weighted by atomic mass is 32.2.